The predicted octanol–water partition coefficient (Wildman–Crippen LogP) is 1.88. The van der Waals surface area contributed by atoms with E-state index in [0.717, 1.165) is 11.1 Å². The molecule has 2 aromatic carbocycles. The maximum absolute atomic E-state index is 12.2. The summed E-state index contributed by atoms with van der Waals surface area (Å²) in [5.74, 6) is 0.275. The minimum absolute atomic E-state index is 0.173. The molecule has 0 spiro atoms. The summed E-state index contributed by atoms with van der Waals surface area (Å²) in [6.45, 7) is -0.0856. The number of halogens is 1. The smallest absolute Gasteiger partial charge is 0.245 e. The van der Waals surface area contributed by atoms with E-state index in [2.05, 4.69) is 10.6 Å². The number of ether oxygens (including phenoxy) is 2. The lowest BCUT2D eigenvalue weighted by atomic mass is 10.2. The molecule has 0 aromatic heterocycles. The van der Waals surface area contributed by atoms with Crippen molar-refractivity contribution in [3.05, 3.63) is 64.7 Å². The number of hydrogen-bond acceptors (Lipinski definition) is 5. The molecule has 1 aliphatic heterocycles. The average Bonchev–Trinajstić information content (AvgIpc) is 3.17. The molecular weight excluding hydrogens is 384 g/mol. The summed E-state index contributed by atoms with van der Waals surface area (Å²) >= 11 is 5.82. The molecule has 2 aromatic rings. The third-order valence-electron chi connectivity index (χ3n) is 4.02. The van der Waals surface area contributed by atoms with Crippen LogP contribution in [0.1, 0.15) is 11.1 Å². The van der Waals surface area contributed by atoms with Gasteiger partial charge in [0.2, 0.25) is 18.6 Å². The fraction of sp³-hybridized carbons (Fsp3) is 0.200. The molecule has 3 rings (SSSR count). The van der Waals surface area contributed by atoms with Gasteiger partial charge in [-0.3, -0.25) is 9.59 Å². The van der Waals surface area contributed by atoms with E-state index >= 15 is 0 Å². The zero-order valence-electron chi connectivity index (χ0n) is 14.9. The lowest BCUT2D eigenvalue weighted by Crippen LogP contribution is -2.48. The first kappa shape index (κ1) is 19.7. The first-order chi connectivity index (χ1) is 13.5. The highest BCUT2D eigenvalue weighted by molar-refractivity contribution is 6.30. The van der Waals surface area contributed by atoms with Crippen molar-refractivity contribution in [1.29, 1.82) is 0 Å². The van der Waals surface area contributed by atoms with E-state index in [9.17, 15) is 14.7 Å². The number of fused-ring (bicyclic) bond motifs is 1. The summed E-state index contributed by atoms with van der Waals surface area (Å²) in [6, 6.07) is 11.2. The van der Waals surface area contributed by atoms with Crippen LogP contribution in [0.5, 0.6) is 11.5 Å². The summed E-state index contributed by atoms with van der Waals surface area (Å²) < 4.78 is 10.5. The zero-order chi connectivity index (χ0) is 19.9. The Labute approximate surface area is 166 Å². The first-order valence-corrected chi connectivity index (χ1v) is 8.94. The van der Waals surface area contributed by atoms with E-state index in [1.54, 1.807) is 48.5 Å². The summed E-state index contributed by atoms with van der Waals surface area (Å²) in [5.41, 5.74) is 1.59. The Morgan fingerprint density at radius 1 is 1.14 bits per heavy atom. The van der Waals surface area contributed by atoms with Crippen molar-refractivity contribution in [2.75, 3.05) is 13.4 Å². The molecule has 0 radical (unpaired) electrons. The van der Waals surface area contributed by atoms with E-state index in [-0.39, 0.29) is 13.3 Å². The van der Waals surface area contributed by atoms with Crippen LogP contribution in [-0.2, 0) is 16.1 Å². The first-order valence-electron chi connectivity index (χ1n) is 8.56. The van der Waals surface area contributed by atoms with Gasteiger partial charge in [-0.2, -0.15) is 0 Å². The van der Waals surface area contributed by atoms with Crippen molar-refractivity contribution in [3.63, 3.8) is 0 Å². The number of benzene rings is 2. The Morgan fingerprint density at radius 2 is 1.89 bits per heavy atom. The van der Waals surface area contributed by atoms with Crippen LogP contribution in [0.25, 0.3) is 6.08 Å². The summed E-state index contributed by atoms with van der Waals surface area (Å²) in [4.78, 5) is 24.3. The van der Waals surface area contributed by atoms with Gasteiger partial charge >= 0.3 is 0 Å². The predicted molar refractivity (Wildman–Crippen MR) is 104 cm³/mol. The molecule has 0 aliphatic carbocycles. The number of rotatable bonds is 7. The highest BCUT2D eigenvalue weighted by atomic mass is 35.5. The van der Waals surface area contributed by atoms with Gasteiger partial charge in [-0.1, -0.05) is 29.8 Å². The van der Waals surface area contributed by atoms with E-state index < -0.39 is 24.5 Å². The molecule has 0 unspecified atom stereocenters. The molecule has 0 saturated carbocycles. The quantitative estimate of drug-likeness (QED) is 0.614. The van der Waals surface area contributed by atoms with Crippen molar-refractivity contribution in [2.24, 2.45) is 0 Å². The van der Waals surface area contributed by atoms with Crippen LogP contribution in [0.2, 0.25) is 5.02 Å². The topological polar surface area (TPSA) is 96.9 Å². The van der Waals surface area contributed by atoms with Gasteiger partial charge in [-0.05, 0) is 41.5 Å². The second-order valence-electron chi connectivity index (χ2n) is 6.03. The van der Waals surface area contributed by atoms with Crippen LogP contribution in [0.4, 0.5) is 0 Å². The SMILES string of the molecule is O=C(C=Cc1ccc2c(c1)OCO2)N[C@@H](CO)C(=O)NCc1ccc(Cl)cc1. The number of aliphatic hydroxyl groups excluding tert-OH is 1. The van der Waals surface area contributed by atoms with Gasteiger partial charge in [-0.15, -0.1) is 0 Å². The Bertz CT molecular complexity index is 883. The molecule has 0 bridgehead atoms. The van der Waals surface area contributed by atoms with Crippen LogP contribution in [0.15, 0.2) is 48.5 Å². The van der Waals surface area contributed by atoms with Crippen LogP contribution >= 0.6 is 11.6 Å². The molecule has 2 amide bonds. The Morgan fingerprint density at radius 3 is 2.64 bits per heavy atom. The van der Waals surface area contributed by atoms with E-state index in [0.29, 0.717) is 16.5 Å². The largest absolute Gasteiger partial charge is 0.454 e. The number of carbonyl (C=O) groups excluding carboxylic acids is 2. The molecule has 1 atom stereocenters. The standard InChI is InChI=1S/C20H19ClN2O5/c21-15-5-1-14(2-6-15)10-22-20(26)16(11-24)23-19(25)8-4-13-3-7-17-18(9-13)28-12-27-17/h1-9,16,24H,10-12H2,(H,22,26)(H,23,25)/t16-/m0/s1. The molecule has 146 valence electrons. The number of hydrogen-bond donors (Lipinski definition) is 3. The molecule has 28 heavy (non-hydrogen) atoms. The summed E-state index contributed by atoms with van der Waals surface area (Å²) in [5, 5.41) is 15.2. The lowest BCUT2D eigenvalue weighted by Gasteiger charge is -2.15. The number of carbonyl (C=O) groups is 2. The zero-order valence-corrected chi connectivity index (χ0v) is 15.6. The second-order valence-corrected chi connectivity index (χ2v) is 6.47. The molecule has 1 heterocycles. The summed E-state index contributed by atoms with van der Waals surface area (Å²) in [6.07, 6.45) is 2.87. The number of nitrogens with one attached hydrogen (secondary N) is 2. The highest BCUT2D eigenvalue weighted by Crippen LogP contribution is 2.32. The highest BCUT2D eigenvalue weighted by Gasteiger charge is 2.18. The average molecular weight is 403 g/mol. The maximum atomic E-state index is 12.2. The third-order valence-corrected chi connectivity index (χ3v) is 4.27. The summed E-state index contributed by atoms with van der Waals surface area (Å²) in [7, 11) is 0. The van der Waals surface area contributed by atoms with Crippen LogP contribution in [0.3, 0.4) is 0 Å². The van der Waals surface area contributed by atoms with Crippen LogP contribution in [-0.4, -0.2) is 36.4 Å². The molecular formula is C20H19ClN2O5. The lowest BCUT2D eigenvalue weighted by molar-refractivity contribution is -0.128. The van der Waals surface area contributed by atoms with Crippen LogP contribution < -0.4 is 20.1 Å². The van der Waals surface area contributed by atoms with Crippen molar-refractivity contribution < 1.29 is 24.2 Å². The fourth-order valence-electron chi connectivity index (χ4n) is 2.52. The Hall–Kier alpha value is -3.03. The third kappa shape index (κ3) is 5.25. The molecule has 7 nitrogen and oxygen atoms in total. The van der Waals surface area contributed by atoms with Gasteiger partial charge in [0.1, 0.15) is 6.04 Å². The Balaban J connectivity index is 1.52. The normalized spacial score (nSPS) is 13.4. The van der Waals surface area contributed by atoms with Gasteiger partial charge in [0, 0.05) is 17.6 Å². The van der Waals surface area contributed by atoms with Crippen molar-refractivity contribution in [1.82, 2.24) is 10.6 Å². The molecule has 0 fully saturated rings. The minimum atomic E-state index is -1.05. The number of amides is 2. The number of aliphatic hydroxyl groups is 1. The van der Waals surface area contributed by atoms with Crippen molar-refractivity contribution in [2.45, 2.75) is 12.6 Å². The molecule has 3 N–H and O–H groups in total. The van der Waals surface area contributed by atoms with Gasteiger partial charge in [0.25, 0.3) is 0 Å². The molecule has 0 saturated heterocycles. The van der Waals surface area contributed by atoms with Crippen molar-refractivity contribution in [3.8, 4) is 11.5 Å². The van der Waals surface area contributed by atoms with E-state index in [1.807, 2.05) is 0 Å². The molecule has 1 aliphatic rings. The van der Waals surface area contributed by atoms with Gasteiger partial charge < -0.3 is 25.2 Å². The Kier molecular flexibility index (Phi) is 6.52. The van der Waals surface area contributed by atoms with Crippen molar-refractivity contribution >= 4 is 29.5 Å². The monoisotopic (exact) mass is 402 g/mol. The van der Waals surface area contributed by atoms with Crippen LogP contribution in [0, 0.1) is 0 Å². The van der Waals surface area contributed by atoms with Gasteiger partial charge in [-0.25, -0.2) is 0 Å². The van der Waals surface area contributed by atoms with Gasteiger partial charge in [0.05, 0.1) is 6.61 Å². The fourth-order valence-corrected chi connectivity index (χ4v) is 2.64. The minimum Gasteiger partial charge on any atom is -0.454 e. The molecule has 8 heteroatoms. The van der Waals surface area contributed by atoms with Gasteiger partial charge in [0.15, 0.2) is 11.5 Å². The van der Waals surface area contributed by atoms with E-state index in [4.69, 9.17) is 21.1 Å². The van der Waals surface area contributed by atoms with E-state index in [1.165, 1.54) is 6.08 Å². The second kappa shape index (κ2) is 9.25. The maximum Gasteiger partial charge on any atom is 0.245 e.